The van der Waals surface area contributed by atoms with Gasteiger partial charge in [-0.05, 0) is 30.9 Å². The molecule has 4 heteroatoms. The molecule has 96 valence electrons. The molecule has 3 nitrogen and oxygen atoms in total. The fraction of sp³-hybridized carbons (Fsp3) is 0.500. The molecule has 18 heavy (non-hydrogen) atoms. The Morgan fingerprint density at radius 3 is 2.94 bits per heavy atom. The van der Waals surface area contributed by atoms with E-state index in [1.807, 2.05) is 0 Å². The summed E-state index contributed by atoms with van der Waals surface area (Å²) < 4.78 is 20.9. The molecule has 3 heterocycles. The Bertz CT molecular complexity index is 558. The van der Waals surface area contributed by atoms with E-state index in [0.29, 0.717) is 6.04 Å². The maximum Gasteiger partial charge on any atom is 0.142 e. The molecule has 0 unspecified atom stereocenters. The lowest BCUT2D eigenvalue weighted by molar-refractivity contribution is 0.0705. The lowest BCUT2D eigenvalue weighted by Crippen LogP contribution is -2.19. The van der Waals surface area contributed by atoms with Gasteiger partial charge in [0, 0.05) is 30.8 Å². The standard InChI is InChI=1S/C14H17FN2O/c1-2-10-9-17(12-3-5-18-6-4-12)14-13(10)7-11(15)8-16-14/h7-9,12H,2-6H2,1H3. The first-order valence-electron chi connectivity index (χ1n) is 6.52. The average molecular weight is 248 g/mol. The van der Waals surface area contributed by atoms with Crippen molar-refractivity contribution in [2.45, 2.75) is 32.2 Å². The quantitative estimate of drug-likeness (QED) is 0.816. The fourth-order valence-corrected chi connectivity index (χ4v) is 2.70. The van der Waals surface area contributed by atoms with Gasteiger partial charge in [0.15, 0.2) is 0 Å². The molecule has 0 atom stereocenters. The van der Waals surface area contributed by atoms with Crippen molar-refractivity contribution in [2.24, 2.45) is 0 Å². The van der Waals surface area contributed by atoms with Gasteiger partial charge in [0.05, 0.1) is 6.20 Å². The molecule has 0 aromatic carbocycles. The van der Waals surface area contributed by atoms with Crippen LogP contribution < -0.4 is 0 Å². The number of aryl methyl sites for hydroxylation is 1. The molecule has 0 N–H and O–H groups in total. The van der Waals surface area contributed by atoms with Gasteiger partial charge in [-0.15, -0.1) is 0 Å². The average Bonchev–Trinajstić information content (AvgIpc) is 2.77. The van der Waals surface area contributed by atoms with Crippen molar-refractivity contribution >= 4 is 11.0 Å². The van der Waals surface area contributed by atoms with Crippen molar-refractivity contribution in [1.29, 1.82) is 0 Å². The molecule has 0 radical (unpaired) electrons. The van der Waals surface area contributed by atoms with Gasteiger partial charge >= 0.3 is 0 Å². The van der Waals surface area contributed by atoms with Gasteiger partial charge in [-0.3, -0.25) is 0 Å². The molecule has 0 aliphatic carbocycles. The fourth-order valence-electron chi connectivity index (χ4n) is 2.70. The third-order valence-electron chi connectivity index (χ3n) is 3.68. The highest BCUT2D eigenvalue weighted by molar-refractivity contribution is 5.80. The number of hydrogen-bond acceptors (Lipinski definition) is 2. The van der Waals surface area contributed by atoms with E-state index in [1.165, 1.54) is 11.8 Å². The van der Waals surface area contributed by atoms with Gasteiger partial charge < -0.3 is 9.30 Å². The van der Waals surface area contributed by atoms with Gasteiger partial charge in [0.1, 0.15) is 11.5 Å². The van der Waals surface area contributed by atoms with E-state index in [9.17, 15) is 4.39 Å². The molecule has 1 saturated heterocycles. The van der Waals surface area contributed by atoms with Crippen LogP contribution in [-0.2, 0) is 11.2 Å². The lowest BCUT2D eigenvalue weighted by atomic mass is 10.1. The summed E-state index contributed by atoms with van der Waals surface area (Å²) in [6.07, 6.45) is 6.35. The minimum absolute atomic E-state index is 0.262. The molecule has 1 fully saturated rings. The predicted molar refractivity (Wildman–Crippen MR) is 68.2 cm³/mol. The summed E-state index contributed by atoms with van der Waals surface area (Å²) in [5.74, 6) is -0.262. The van der Waals surface area contributed by atoms with Crippen LogP contribution in [0, 0.1) is 5.82 Å². The van der Waals surface area contributed by atoms with Crippen molar-refractivity contribution in [1.82, 2.24) is 9.55 Å². The van der Waals surface area contributed by atoms with Crippen LogP contribution in [-0.4, -0.2) is 22.8 Å². The van der Waals surface area contributed by atoms with Crippen LogP contribution >= 0.6 is 0 Å². The summed E-state index contributed by atoms with van der Waals surface area (Å²) >= 11 is 0. The summed E-state index contributed by atoms with van der Waals surface area (Å²) in [5.41, 5.74) is 2.07. The van der Waals surface area contributed by atoms with Crippen molar-refractivity contribution in [3.63, 3.8) is 0 Å². The summed E-state index contributed by atoms with van der Waals surface area (Å²) in [5, 5.41) is 0.948. The highest BCUT2D eigenvalue weighted by Crippen LogP contribution is 2.29. The monoisotopic (exact) mass is 248 g/mol. The SMILES string of the molecule is CCc1cn(C2CCOCC2)c2ncc(F)cc12. The maximum absolute atomic E-state index is 13.3. The second-order valence-corrected chi connectivity index (χ2v) is 4.78. The number of ether oxygens (including phenoxy) is 1. The summed E-state index contributed by atoms with van der Waals surface area (Å²) in [6, 6.07) is 2.02. The smallest absolute Gasteiger partial charge is 0.142 e. The second-order valence-electron chi connectivity index (χ2n) is 4.78. The Balaban J connectivity index is 2.11. The first-order valence-corrected chi connectivity index (χ1v) is 6.52. The number of nitrogens with zero attached hydrogens (tertiary/aromatic N) is 2. The predicted octanol–water partition coefficient (Wildman–Crippen LogP) is 3.09. The Kier molecular flexibility index (Phi) is 3.04. The van der Waals surface area contributed by atoms with E-state index in [1.54, 1.807) is 6.07 Å². The third kappa shape index (κ3) is 1.90. The molecule has 0 bridgehead atoms. The lowest BCUT2D eigenvalue weighted by Gasteiger charge is -2.24. The maximum atomic E-state index is 13.3. The van der Waals surface area contributed by atoms with Crippen LogP contribution in [0.1, 0.15) is 31.4 Å². The molecule has 0 amide bonds. The Morgan fingerprint density at radius 1 is 1.44 bits per heavy atom. The van der Waals surface area contributed by atoms with E-state index < -0.39 is 0 Å². The zero-order valence-electron chi connectivity index (χ0n) is 10.5. The zero-order valence-corrected chi connectivity index (χ0v) is 10.5. The van der Waals surface area contributed by atoms with E-state index in [2.05, 4.69) is 22.7 Å². The van der Waals surface area contributed by atoms with Gasteiger partial charge in [0.2, 0.25) is 0 Å². The number of halogens is 1. The summed E-state index contributed by atoms with van der Waals surface area (Å²) in [6.45, 7) is 3.69. The highest BCUT2D eigenvalue weighted by atomic mass is 19.1. The molecule has 0 spiro atoms. The molecule has 3 rings (SSSR count). The van der Waals surface area contributed by atoms with Crippen molar-refractivity contribution in [2.75, 3.05) is 13.2 Å². The van der Waals surface area contributed by atoms with E-state index in [4.69, 9.17) is 4.74 Å². The first kappa shape index (κ1) is 11.7. The molecule has 0 saturated carbocycles. The molecule has 1 aliphatic heterocycles. The zero-order chi connectivity index (χ0) is 12.5. The largest absolute Gasteiger partial charge is 0.381 e. The van der Waals surface area contributed by atoms with Gasteiger partial charge in [-0.2, -0.15) is 0 Å². The number of pyridine rings is 1. The Morgan fingerprint density at radius 2 is 2.22 bits per heavy atom. The topological polar surface area (TPSA) is 27.1 Å². The minimum Gasteiger partial charge on any atom is -0.381 e. The van der Waals surface area contributed by atoms with Crippen LogP contribution in [0.2, 0.25) is 0 Å². The van der Waals surface area contributed by atoms with Crippen LogP contribution in [0.25, 0.3) is 11.0 Å². The van der Waals surface area contributed by atoms with Crippen molar-refractivity contribution in [3.8, 4) is 0 Å². The first-order chi connectivity index (χ1) is 8.79. The number of fused-ring (bicyclic) bond motifs is 1. The van der Waals surface area contributed by atoms with E-state index in [-0.39, 0.29) is 5.82 Å². The van der Waals surface area contributed by atoms with E-state index in [0.717, 1.165) is 43.5 Å². The Hall–Kier alpha value is -1.42. The highest BCUT2D eigenvalue weighted by Gasteiger charge is 2.19. The van der Waals surface area contributed by atoms with Crippen molar-refractivity contribution in [3.05, 3.63) is 29.8 Å². The number of aromatic nitrogens is 2. The van der Waals surface area contributed by atoms with Crippen LogP contribution in [0.15, 0.2) is 18.5 Å². The van der Waals surface area contributed by atoms with Gasteiger partial charge in [-0.1, -0.05) is 6.92 Å². The minimum atomic E-state index is -0.262. The molecule has 2 aromatic rings. The van der Waals surface area contributed by atoms with Crippen LogP contribution in [0.4, 0.5) is 4.39 Å². The Labute approximate surface area is 106 Å². The summed E-state index contributed by atoms with van der Waals surface area (Å²) in [4.78, 5) is 4.27. The van der Waals surface area contributed by atoms with Crippen LogP contribution in [0.5, 0.6) is 0 Å². The number of rotatable bonds is 2. The van der Waals surface area contributed by atoms with Crippen LogP contribution in [0.3, 0.4) is 0 Å². The normalized spacial score (nSPS) is 17.4. The van der Waals surface area contributed by atoms with Crippen molar-refractivity contribution < 1.29 is 9.13 Å². The molecular formula is C14H17FN2O. The van der Waals surface area contributed by atoms with Gasteiger partial charge in [0.25, 0.3) is 0 Å². The second kappa shape index (κ2) is 4.69. The number of hydrogen-bond donors (Lipinski definition) is 0. The molecule has 1 aliphatic rings. The summed E-state index contributed by atoms with van der Waals surface area (Å²) in [7, 11) is 0. The molecule has 2 aromatic heterocycles. The molecular weight excluding hydrogens is 231 g/mol. The van der Waals surface area contributed by atoms with E-state index >= 15 is 0 Å². The third-order valence-corrected chi connectivity index (χ3v) is 3.68. The van der Waals surface area contributed by atoms with Gasteiger partial charge in [-0.25, -0.2) is 9.37 Å².